The lowest BCUT2D eigenvalue weighted by Gasteiger charge is -2.23. The fraction of sp³-hybridized carbons (Fsp3) is 0.538. The Hall–Kier alpha value is -0.950. The Bertz CT molecular complexity index is 497. The second-order valence-electron chi connectivity index (χ2n) is 5.06. The molecule has 0 saturated carbocycles. The van der Waals surface area contributed by atoms with Gasteiger partial charge in [0.2, 0.25) is 10.0 Å². The Kier molecular flexibility index (Phi) is 5.49. The van der Waals surface area contributed by atoms with E-state index in [1.54, 1.807) is 12.1 Å². The van der Waals surface area contributed by atoms with E-state index in [1.165, 1.54) is 12.1 Å². The van der Waals surface area contributed by atoms with Gasteiger partial charge in [-0.15, -0.1) is 0 Å². The minimum Gasteiger partial charge on any atom is -0.309 e. The average Bonchev–Trinajstić information content (AvgIpc) is 2.34. The summed E-state index contributed by atoms with van der Waals surface area (Å²) < 4.78 is 22.3. The van der Waals surface area contributed by atoms with Crippen LogP contribution < -0.4 is 10.5 Å². The Morgan fingerprint density at radius 2 is 1.74 bits per heavy atom. The zero-order chi connectivity index (χ0) is 14.6. The lowest BCUT2D eigenvalue weighted by Crippen LogP contribution is -2.36. The first-order chi connectivity index (χ1) is 8.71. The van der Waals surface area contributed by atoms with Gasteiger partial charge >= 0.3 is 0 Å². The van der Waals surface area contributed by atoms with Crippen molar-refractivity contribution in [2.24, 2.45) is 5.14 Å². The molecule has 1 aromatic rings. The molecule has 0 bridgehead atoms. The zero-order valence-electron chi connectivity index (χ0n) is 11.9. The number of hydrogen-bond donors (Lipinski definition) is 2. The number of primary sulfonamides is 1. The average molecular weight is 285 g/mol. The van der Waals surface area contributed by atoms with Crippen molar-refractivity contribution >= 4 is 10.0 Å². The van der Waals surface area contributed by atoms with Crippen LogP contribution in [0.2, 0.25) is 0 Å². The zero-order valence-corrected chi connectivity index (χ0v) is 12.7. The molecule has 1 rings (SSSR count). The molecule has 0 radical (unpaired) electrons. The topological polar surface area (TPSA) is 75.4 Å². The Balaban J connectivity index is 2.66. The van der Waals surface area contributed by atoms with Crippen LogP contribution in [0.3, 0.4) is 0 Å². The van der Waals surface area contributed by atoms with E-state index in [-0.39, 0.29) is 10.9 Å². The molecule has 0 aliphatic carbocycles. The van der Waals surface area contributed by atoms with E-state index >= 15 is 0 Å². The maximum Gasteiger partial charge on any atom is 0.238 e. The summed E-state index contributed by atoms with van der Waals surface area (Å²) in [5.74, 6) is 0. The Labute approximate surface area is 115 Å². The minimum atomic E-state index is -3.61. The fourth-order valence-corrected chi connectivity index (χ4v) is 2.11. The summed E-state index contributed by atoms with van der Waals surface area (Å²) >= 11 is 0. The quantitative estimate of drug-likeness (QED) is 0.815. The summed E-state index contributed by atoms with van der Waals surface area (Å²) in [6.45, 7) is 5.06. The molecule has 5 nitrogen and oxygen atoms in total. The monoisotopic (exact) mass is 285 g/mol. The molecule has 0 aromatic heterocycles. The van der Waals surface area contributed by atoms with Crippen LogP contribution >= 0.6 is 0 Å². The summed E-state index contributed by atoms with van der Waals surface area (Å²) in [6.07, 6.45) is 0. The van der Waals surface area contributed by atoms with Gasteiger partial charge in [0.25, 0.3) is 0 Å². The second-order valence-corrected chi connectivity index (χ2v) is 6.62. The molecule has 0 amide bonds. The first kappa shape index (κ1) is 16.1. The number of sulfonamides is 1. The van der Waals surface area contributed by atoms with Crippen molar-refractivity contribution in [3.63, 3.8) is 0 Å². The van der Waals surface area contributed by atoms with Crippen LogP contribution in [0.15, 0.2) is 29.2 Å². The number of benzene rings is 1. The van der Waals surface area contributed by atoms with Crippen molar-refractivity contribution in [1.29, 1.82) is 0 Å². The second kappa shape index (κ2) is 6.47. The maximum atomic E-state index is 11.2. The summed E-state index contributed by atoms with van der Waals surface area (Å²) in [4.78, 5) is 2.29. The van der Waals surface area contributed by atoms with Crippen molar-refractivity contribution in [3.05, 3.63) is 29.8 Å². The lowest BCUT2D eigenvalue weighted by molar-refractivity contribution is 0.295. The van der Waals surface area contributed by atoms with Crippen molar-refractivity contribution in [2.45, 2.75) is 30.8 Å². The number of rotatable bonds is 6. The molecule has 2 atom stereocenters. The van der Waals surface area contributed by atoms with Crippen LogP contribution in [0.25, 0.3) is 0 Å². The fourth-order valence-electron chi connectivity index (χ4n) is 1.59. The molecular formula is C13H23N3O2S. The molecule has 0 aliphatic rings. The van der Waals surface area contributed by atoms with Gasteiger partial charge in [0, 0.05) is 18.6 Å². The minimum absolute atomic E-state index is 0.144. The number of hydrogen-bond acceptors (Lipinski definition) is 4. The number of nitrogens with two attached hydrogens (primary N) is 1. The molecular weight excluding hydrogens is 262 g/mol. The van der Waals surface area contributed by atoms with E-state index in [1.807, 2.05) is 21.0 Å². The molecule has 0 saturated heterocycles. The molecule has 19 heavy (non-hydrogen) atoms. The lowest BCUT2D eigenvalue weighted by atomic mass is 10.1. The highest BCUT2D eigenvalue weighted by Gasteiger charge is 2.11. The smallest absolute Gasteiger partial charge is 0.238 e. The van der Waals surface area contributed by atoms with Crippen LogP contribution in [-0.2, 0) is 10.0 Å². The van der Waals surface area contributed by atoms with E-state index in [0.29, 0.717) is 6.04 Å². The van der Waals surface area contributed by atoms with E-state index < -0.39 is 10.0 Å². The largest absolute Gasteiger partial charge is 0.309 e. The SMILES string of the molecule is CC(NCC(C)N(C)C)c1ccc(S(N)(=O)=O)cc1. The summed E-state index contributed by atoms with van der Waals surface area (Å²) in [6, 6.07) is 7.26. The molecule has 108 valence electrons. The molecule has 1 aromatic carbocycles. The number of likely N-dealkylation sites (N-methyl/N-ethyl adjacent to an activating group) is 1. The van der Waals surface area contributed by atoms with Crippen molar-refractivity contribution in [1.82, 2.24) is 10.2 Å². The highest BCUT2D eigenvalue weighted by Crippen LogP contribution is 2.15. The van der Waals surface area contributed by atoms with Crippen LogP contribution in [0.5, 0.6) is 0 Å². The van der Waals surface area contributed by atoms with Crippen molar-refractivity contribution < 1.29 is 8.42 Å². The number of nitrogens with zero attached hydrogens (tertiary/aromatic N) is 1. The Morgan fingerprint density at radius 3 is 2.16 bits per heavy atom. The third-order valence-electron chi connectivity index (χ3n) is 3.31. The third kappa shape index (κ3) is 4.91. The van der Waals surface area contributed by atoms with Crippen LogP contribution in [0.1, 0.15) is 25.5 Å². The van der Waals surface area contributed by atoms with Gasteiger partial charge < -0.3 is 10.2 Å². The molecule has 2 unspecified atom stereocenters. The summed E-state index contributed by atoms with van der Waals surface area (Å²) in [5.41, 5.74) is 1.04. The van der Waals surface area contributed by atoms with E-state index in [2.05, 4.69) is 17.1 Å². The van der Waals surface area contributed by atoms with E-state index in [4.69, 9.17) is 5.14 Å². The predicted octanol–water partition coefficient (Wildman–Crippen LogP) is 0.935. The first-order valence-corrected chi connectivity index (χ1v) is 7.79. The first-order valence-electron chi connectivity index (χ1n) is 6.24. The molecule has 0 spiro atoms. The summed E-state index contributed by atoms with van der Waals surface area (Å²) in [5, 5.41) is 8.48. The summed E-state index contributed by atoms with van der Waals surface area (Å²) in [7, 11) is 0.470. The standard InChI is InChI=1S/C13H23N3O2S/c1-10(16(3)4)9-15-11(2)12-5-7-13(8-6-12)19(14,17)18/h5-8,10-11,15H,9H2,1-4H3,(H2,14,17,18). The highest BCUT2D eigenvalue weighted by molar-refractivity contribution is 7.89. The van der Waals surface area contributed by atoms with Gasteiger partial charge in [0.15, 0.2) is 0 Å². The van der Waals surface area contributed by atoms with Crippen LogP contribution in [0, 0.1) is 0 Å². The van der Waals surface area contributed by atoms with Gasteiger partial charge in [0.1, 0.15) is 0 Å². The maximum absolute atomic E-state index is 11.2. The molecule has 3 N–H and O–H groups in total. The molecule has 6 heteroatoms. The third-order valence-corrected chi connectivity index (χ3v) is 4.24. The normalized spacial score (nSPS) is 15.5. The van der Waals surface area contributed by atoms with Crippen molar-refractivity contribution in [2.75, 3.05) is 20.6 Å². The predicted molar refractivity (Wildman–Crippen MR) is 77.4 cm³/mol. The van der Waals surface area contributed by atoms with Gasteiger partial charge in [-0.05, 0) is 45.6 Å². The Morgan fingerprint density at radius 1 is 1.21 bits per heavy atom. The molecule has 0 fully saturated rings. The van der Waals surface area contributed by atoms with Gasteiger partial charge in [-0.1, -0.05) is 12.1 Å². The van der Waals surface area contributed by atoms with E-state index in [0.717, 1.165) is 12.1 Å². The molecule has 0 aliphatic heterocycles. The van der Waals surface area contributed by atoms with Crippen LogP contribution in [-0.4, -0.2) is 40.0 Å². The van der Waals surface area contributed by atoms with Gasteiger partial charge in [-0.25, -0.2) is 13.6 Å². The van der Waals surface area contributed by atoms with Gasteiger partial charge in [0.05, 0.1) is 4.90 Å². The van der Waals surface area contributed by atoms with Crippen molar-refractivity contribution in [3.8, 4) is 0 Å². The van der Waals surface area contributed by atoms with Crippen LogP contribution in [0.4, 0.5) is 0 Å². The van der Waals surface area contributed by atoms with Gasteiger partial charge in [-0.3, -0.25) is 0 Å². The van der Waals surface area contributed by atoms with Gasteiger partial charge in [-0.2, -0.15) is 0 Å². The van der Waals surface area contributed by atoms with E-state index in [9.17, 15) is 8.42 Å². The molecule has 0 heterocycles. The number of nitrogens with one attached hydrogen (secondary N) is 1. The highest BCUT2D eigenvalue weighted by atomic mass is 32.2.